The molecule has 0 spiro atoms. The molecule has 0 atom stereocenters. The van der Waals surface area contributed by atoms with Crippen LogP contribution in [0.1, 0.15) is 19.8 Å². The molecule has 0 radical (unpaired) electrons. The molecule has 1 saturated carbocycles. The average Bonchev–Trinajstić information content (AvgIpc) is 3.16. The van der Waals surface area contributed by atoms with Gasteiger partial charge in [0, 0.05) is 25.0 Å². The number of nitrogens with zero attached hydrogens (tertiary/aromatic N) is 3. The molecule has 0 unspecified atom stereocenters. The third-order valence-electron chi connectivity index (χ3n) is 3.26. The van der Waals surface area contributed by atoms with E-state index >= 15 is 0 Å². The lowest BCUT2D eigenvalue weighted by atomic mass is 10.1. The zero-order valence-corrected chi connectivity index (χ0v) is 11.2. The van der Waals surface area contributed by atoms with Crippen LogP contribution in [0, 0.1) is 0 Å². The first kappa shape index (κ1) is 11.5. The Morgan fingerprint density at radius 3 is 2.72 bits per heavy atom. The maximum absolute atomic E-state index is 6.04. The Morgan fingerprint density at radius 1 is 1.39 bits per heavy atom. The molecule has 0 bridgehead atoms. The van der Waals surface area contributed by atoms with Crippen LogP contribution in [0.3, 0.4) is 0 Å². The lowest BCUT2D eigenvalue weighted by Crippen LogP contribution is -2.24. The molecular weight excluding hydrogens is 244 g/mol. The minimum absolute atomic E-state index is 0.625. The summed E-state index contributed by atoms with van der Waals surface area (Å²) in [5, 5.41) is 1.20. The summed E-state index contributed by atoms with van der Waals surface area (Å²) in [6.45, 7) is 3.19. The van der Waals surface area contributed by atoms with Gasteiger partial charge in [-0.3, -0.25) is 4.98 Å². The molecule has 4 nitrogen and oxygen atoms in total. The molecule has 0 aromatic carbocycles. The minimum atomic E-state index is 0.625. The van der Waals surface area contributed by atoms with Crippen molar-refractivity contribution in [3.05, 3.63) is 24.5 Å². The van der Waals surface area contributed by atoms with Gasteiger partial charge in [-0.05, 0) is 49.0 Å². The number of nitrogen functional groups attached to an aromatic ring is 1. The highest BCUT2D eigenvalue weighted by Crippen LogP contribution is 2.43. The molecule has 1 aliphatic rings. The predicted octanol–water partition coefficient (Wildman–Crippen LogP) is 2.78. The molecular formula is C13H16N4S. The first-order valence-corrected chi connectivity index (χ1v) is 7.00. The summed E-state index contributed by atoms with van der Waals surface area (Å²) >= 11 is 1.50. The van der Waals surface area contributed by atoms with Gasteiger partial charge in [-0.15, -0.1) is 0 Å². The highest BCUT2D eigenvalue weighted by Gasteiger charge is 2.31. The summed E-state index contributed by atoms with van der Waals surface area (Å²) in [5.41, 5.74) is 8.21. The quantitative estimate of drug-likeness (QED) is 0.918. The first-order valence-electron chi connectivity index (χ1n) is 6.23. The molecule has 1 aliphatic carbocycles. The monoisotopic (exact) mass is 260 g/mol. The van der Waals surface area contributed by atoms with Crippen molar-refractivity contribution in [3.63, 3.8) is 0 Å². The average molecular weight is 260 g/mol. The Bertz CT molecular complexity index is 533. The molecule has 0 aliphatic heterocycles. The van der Waals surface area contributed by atoms with E-state index < -0.39 is 0 Å². The zero-order valence-electron chi connectivity index (χ0n) is 10.3. The van der Waals surface area contributed by atoms with Crippen molar-refractivity contribution < 1.29 is 0 Å². The molecule has 2 heterocycles. The smallest absolute Gasteiger partial charge is 0.147 e. The molecule has 3 rings (SSSR count). The van der Waals surface area contributed by atoms with Crippen LogP contribution in [0.2, 0.25) is 0 Å². The van der Waals surface area contributed by atoms with Crippen LogP contribution in [0.4, 0.5) is 10.8 Å². The summed E-state index contributed by atoms with van der Waals surface area (Å²) in [5.74, 6) is 0.625. The Balaban J connectivity index is 2.06. The first-order chi connectivity index (χ1) is 8.81. The molecule has 2 aromatic rings. The van der Waals surface area contributed by atoms with Gasteiger partial charge in [-0.25, -0.2) is 0 Å². The van der Waals surface area contributed by atoms with Crippen molar-refractivity contribution in [2.24, 2.45) is 0 Å². The van der Waals surface area contributed by atoms with Crippen molar-refractivity contribution in [1.29, 1.82) is 0 Å². The van der Waals surface area contributed by atoms with E-state index in [1.165, 1.54) is 29.4 Å². The lowest BCUT2D eigenvalue weighted by molar-refractivity contribution is 0.836. The van der Waals surface area contributed by atoms with Crippen molar-refractivity contribution in [3.8, 4) is 11.1 Å². The van der Waals surface area contributed by atoms with Gasteiger partial charge in [0.25, 0.3) is 0 Å². The molecule has 5 heteroatoms. The van der Waals surface area contributed by atoms with E-state index in [1.807, 2.05) is 12.1 Å². The van der Waals surface area contributed by atoms with E-state index in [9.17, 15) is 0 Å². The van der Waals surface area contributed by atoms with E-state index in [0.717, 1.165) is 17.7 Å². The summed E-state index contributed by atoms with van der Waals surface area (Å²) in [7, 11) is 0. The van der Waals surface area contributed by atoms with Crippen LogP contribution in [0.25, 0.3) is 11.1 Å². The summed E-state index contributed by atoms with van der Waals surface area (Å²) in [4.78, 5) is 6.48. The normalized spacial score (nSPS) is 14.7. The predicted molar refractivity (Wildman–Crippen MR) is 75.8 cm³/mol. The molecule has 2 N–H and O–H groups in total. The molecule has 94 valence electrons. The number of aromatic nitrogens is 2. The SMILES string of the molecule is CCN(c1snc(N)c1-c1ccncc1)C1CC1. The van der Waals surface area contributed by atoms with Crippen molar-refractivity contribution in [2.45, 2.75) is 25.8 Å². The maximum Gasteiger partial charge on any atom is 0.147 e. The second-order valence-corrected chi connectivity index (χ2v) is 5.25. The van der Waals surface area contributed by atoms with Gasteiger partial charge in [0.1, 0.15) is 10.8 Å². The fraction of sp³-hybridized carbons (Fsp3) is 0.385. The van der Waals surface area contributed by atoms with E-state index in [4.69, 9.17) is 5.73 Å². The summed E-state index contributed by atoms with van der Waals surface area (Å²) in [6.07, 6.45) is 6.15. The third kappa shape index (κ3) is 1.95. The molecule has 1 fully saturated rings. The molecule has 0 saturated heterocycles. The minimum Gasteiger partial charge on any atom is -0.382 e. The van der Waals surface area contributed by atoms with Gasteiger partial charge >= 0.3 is 0 Å². The van der Waals surface area contributed by atoms with Crippen LogP contribution in [0.15, 0.2) is 24.5 Å². The highest BCUT2D eigenvalue weighted by atomic mass is 32.1. The Hall–Kier alpha value is -1.62. The summed E-state index contributed by atoms with van der Waals surface area (Å²) in [6, 6.07) is 4.66. The lowest BCUT2D eigenvalue weighted by Gasteiger charge is -2.21. The third-order valence-corrected chi connectivity index (χ3v) is 4.16. The van der Waals surface area contributed by atoms with Crippen LogP contribution in [0.5, 0.6) is 0 Å². The molecule has 2 aromatic heterocycles. The van der Waals surface area contributed by atoms with Crippen molar-refractivity contribution in [2.75, 3.05) is 17.2 Å². The molecule has 18 heavy (non-hydrogen) atoms. The standard InChI is InChI=1S/C13H16N4S/c1-2-17(10-3-4-10)13-11(12(14)16-18-13)9-5-7-15-8-6-9/h5-8,10H,2-4H2,1H3,(H2,14,16). The van der Waals surface area contributed by atoms with Crippen LogP contribution in [-0.2, 0) is 0 Å². The topological polar surface area (TPSA) is 55.0 Å². The number of rotatable bonds is 4. The number of pyridine rings is 1. The maximum atomic E-state index is 6.04. The van der Waals surface area contributed by atoms with Gasteiger partial charge < -0.3 is 10.6 Å². The van der Waals surface area contributed by atoms with E-state index in [1.54, 1.807) is 12.4 Å². The fourth-order valence-corrected chi connectivity index (χ4v) is 3.21. The van der Waals surface area contributed by atoms with Crippen LogP contribution < -0.4 is 10.6 Å². The second-order valence-electron chi connectivity index (χ2n) is 4.50. The number of anilines is 2. The van der Waals surface area contributed by atoms with Gasteiger partial charge in [0.2, 0.25) is 0 Å². The Morgan fingerprint density at radius 2 is 2.11 bits per heavy atom. The fourth-order valence-electron chi connectivity index (χ4n) is 2.23. The second kappa shape index (κ2) is 4.57. The highest BCUT2D eigenvalue weighted by molar-refractivity contribution is 7.11. The van der Waals surface area contributed by atoms with E-state index in [-0.39, 0.29) is 0 Å². The van der Waals surface area contributed by atoms with E-state index in [2.05, 4.69) is 21.2 Å². The van der Waals surface area contributed by atoms with Crippen LogP contribution >= 0.6 is 11.5 Å². The van der Waals surface area contributed by atoms with Crippen molar-refractivity contribution >= 4 is 22.4 Å². The Kier molecular flexibility index (Phi) is 2.91. The van der Waals surface area contributed by atoms with Gasteiger partial charge in [-0.1, -0.05) is 0 Å². The number of hydrogen-bond donors (Lipinski definition) is 1. The molecule has 0 amide bonds. The number of hydrogen-bond acceptors (Lipinski definition) is 5. The van der Waals surface area contributed by atoms with E-state index in [0.29, 0.717) is 11.9 Å². The van der Waals surface area contributed by atoms with Gasteiger partial charge in [0.15, 0.2) is 0 Å². The zero-order chi connectivity index (χ0) is 12.5. The van der Waals surface area contributed by atoms with Crippen molar-refractivity contribution in [1.82, 2.24) is 9.36 Å². The largest absolute Gasteiger partial charge is 0.382 e. The Labute approximate surface area is 111 Å². The van der Waals surface area contributed by atoms with Gasteiger partial charge in [-0.2, -0.15) is 4.37 Å². The van der Waals surface area contributed by atoms with Gasteiger partial charge in [0.05, 0.1) is 5.56 Å². The summed E-state index contributed by atoms with van der Waals surface area (Å²) < 4.78 is 4.33. The number of nitrogens with two attached hydrogens (primary N) is 1. The van der Waals surface area contributed by atoms with Crippen LogP contribution in [-0.4, -0.2) is 21.9 Å².